The maximum atomic E-state index is 10.3. The van der Waals surface area contributed by atoms with Gasteiger partial charge in [0.05, 0.1) is 0 Å². The third kappa shape index (κ3) is 2.24. The van der Waals surface area contributed by atoms with Gasteiger partial charge >= 0.3 is 0 Å². The number of hydrogen-bond acceptors (Lipinski definition) is 2. The molecule has 0 amide bonds. The molecule has 0 saturated heterocycles. The van der Waals surface area contributed by atoms with Crippen molar-refractivity contribution in [1.82, 2.24) is 0 Å². The highest BCUT2D eigenvalue weighted by atomic mass is 32.1. The van der Waals surface area contributed by atoms with Gasteiger partial charge in [-0.1, -0.05) is 18.2 Å². The molecule has 0 heterocycles. The second-order valence-corrected chi connectivity index (χ2v) is 2.40. The van der Waals surface area contributed by atoms with Gasteiger partial charge in [-0.05, 0) is 23.1 Å². The van der Waals surface area contributed by atoms with Gasteiger partial charge < -0.3 is 0 Å². The van der Waals surface area contributed by atoms with Crippen LogP contribution in [0.2, 0.25) is 0 Å². The Morgan fingerprint density at radius 2 is 2.00 bits per heavy atom. The first kappa shape index (κ1) is 8.08. The van der Waals surface area contributed by atoms with Crippen LogP contribution in [-0.2, 0) is 0 Å². The van der Waals surface area contributed by atoms with E-state index in [4.69, 9.17) is 0 Å². The largest absolute Gasteiger partial charge is 0.298 e. The fourth-order valence-electron chi connectivity index (χ4n) is 0.822. The van der Waals surface area contributed by atoms with Gasteiger partial charge in [-0.2, -0.15) is 12.6 Å². The Morgan fingerprint density at radius 1 is 1.27 bits per heavy atom. The van der Waals surface area contributed by atoms with Gasteiger partial charge in [0.25, 0.3) is 0 Å². The average molecular weight is 164 g/mol. The quantitative estimate of drug-likeness (QED) is 0.524. The van der Waals surface area contributed by atoms with Crippen molar-refractivity contribution in [2.24, 2.45) is 0 Å². The highest BCUT2D eigenvalue weighted by molar-refractivity contribution is 7.83. The number of thiol groups is 1. The summed E-state index contributed by atoms with van der Waals surface area (Å²) in [6.07, 6.45) is 2.66. The molecular formula is C9H8OS. The van der Waals surface area contributed by atoms with Crippen molar-refractivity contribution >= 4 is 25.0 Å². The number of carbonyl (C=O) groups excluding carboxylic acids is 1. The first-order valence-electron chi connectivity index (χ1n) is 3.23. The van der Waals surface area contributed by atoms with Crippen LogP contribution in [0.3, 0.4) is 0 Å². The summed E-state index contributed by atoms with van der Waals surface area (Å²) in [6.45, 7) is 0. The molecule has 0 bridgehead atoms. The highest BCUT2D eigenvalue weighted by Gasteiger charge is 1.88. The molecular weight excluding hydrogens is 156 g/mol. The van der Waals surface area contributed by atoms with Crippen LogP contribution in [0.25, 0.3) is 6.08 Å². The van der Waals surface area contributed by atoms with E-state index in [1.807, 2.05) is 18.2 Å². The third-order valence-corrected chi connectivity index (χ3v) is 1.46. The lowest BCUT2D eigenvalue weighted by molar-refractivity contribution is 0.112. The summed E-state index contributed by atoms with van der Waals surface area (Å²) in [4.78, 5) is 10.3. The maximum absolute atomic E-state index is 10.3. The lowest BCUT2D eigenvalue weighted by Gasteiger charge is -1.92. The Bertz CT molecular complexity index is 279. The van der Waals surface area contributed by atoms with Crippen molar-refractivity contribution in [3.63, 3.8) is 0 Å². The summed E-state index contributed by atoms with van der Waals surface area (Å²) in [5.41, 5.74) is 1.68. The van der Waals surface area contributed by atoms with E-state index < -0.39 is 0 Å². The van der Waals surface area contributed by atoms with Crippen LogP contribution in [0.4, 0.5) is 0 Å². The zero-order valence-electron chi connectivity index (χ0n) is 5.90. The van der Waals surface area contributed by atoms with Crippen molar-refractivity contribution in [3.05, 3.63) is 40.8 Å². The number of benzene rings is 1. The fourth-order valence-corrected chi connectivity index (χ4v) is 0.994. The summed E-state index contributed by atoms with van der Waals surface area (Å²) in [5.74, 6) is 0. The fraction of sp³-hybridized carbons (Fsp3) is 0. The summed E-state index contributed by atoms with van der Waals surface area (Å²) >= 11 is 3.93. The normalized spacial score (nSPS) is 10.3. The molecule has 56 valence electrons. The van der Waals surface area contributed by atoms with E-state index in [1.165, 1.54) is 0 Å². The number of hydrogen-bond donors (Lipinski definition) is 1. The molecule has 1 nitrogen and oxygen atoms in total. The molecule has 1 aromatic carbocycles. The van der Waals surface area contributed by atoms with Crippen molar-refractivity contribution in [2.45, 2.75) is 0 Å². The molecule has 0 unspecified atom stereocenters. The van der Waals surface area contributed by atoms with Crippen LogP contribution >= 0.6 is 12.6 Å². The molecule has 0 fully saturated rings. The topological polar surface area (TPSA) is 17.1 Å². The Morgan fingerprint density at radius 3 is 2.64 bits per heavy atom. The van der Waals surface area contributed by atoms with Crippen LogP contribution in [0.15, 0.2) is 29.7 Å². The lowest BCUT2D eigenvalue weighted by atomic mass is 10.1. The van der Waals surface area contributed by atoms with Crippen LogP contribution < -0.4 is 0 Å². The first-order chi connectivity index (χ1) is 5.36. The first-order valence-corrected chi connectivity index (χ1v) is 3.74. The minimum absolute atomic E-state index is 0.689. The minimum Gasteiger partial charge on any atom is -0.298 e. The van der Waals surface area contributed by atoms with Gasteiger partial charge in [-0.15, -0.1) is 0 Å². The second-order valence-electron chi connectivity index (χ2n) is 2.10. The molecule has 1 aromatic rings. The molecule has 2 heteroatoms. The standard InChI is InChI=1S/C9H8OS/c10-7-9-3-1-2-8(6-9)4-5-11/h1-7,11H/b5-4+. The minimum atomic E-state index is 0.689. The SMILES string of the molecule is O=Cc1cccc(/C=C/S)c1. The Balaban J connectivity index is 3.00. The van der Waals surface area contributed by atoms with Crippen molar-refractivity contribution in [3.8, 4) is 0 Å². The van der Waals surface area contributed by atoms with Gasteiger partial charge in [0.2, 0.25) is 0 Å². The summed E-state index contributed by atoms with van der Waals surface area (Å²) in [5, 5.41) is 1.64. The van der Waals surface area contributed by atoms with E-state index in [0.717, 1.165) is 11.8 Å². The number of rotatable bonds is 2. The van der Waals surface area contributed by atoms with Crippen LogP contribution in [-0.4, -0.2) is 6.29 Å². The molecule has 0 saturated carbocycles. The predicted octanol–water partition coefficient (Wildman–Crippen LogP) is 2.40. The van der Waals surface area contributed by atoms with Crippen molar-refractivity contribution in [1.29, 1.82) is 0 Å². The van der Waals surface area contributed by atoms with Gasteiger partial charge in [-0.25, -0.2) is 0 Å². The smallest absolute Gasteiger partial charge is 0.150 e. The molecule has 0 aliphatic rings. The van der Waals surface area contributed by atoms with E-state index in [-0.39, 0.29) is 0 Å². The van der Waals surface area contributed by atoms with E-state index in [9.17, 15) is 4.79 Å². The zero-order valence-corrected chi connectivity index (χ0v) is 6.79. The summed E-state index contributed by atoms with van der Waals surface area (Å²) in [6, 6.07) is 7.33. The van der Waals surface area contributed by atoms with Crippen LogP contribution in [0, 0.1) is 0 Å². The van der Waals surface area contributed by atoms with Crippen molar-refractivity contribution < 1.29 is 4.79 Å². The summed E-state index contributed by atoms with van der Waals surface area (Å²) in [7, 11) is 0. The molecule has 11 heavy (non-hydrogen) atoms. The Labute approximate surface area is 71.2 Å². The molecule has 0 N–H and O–H groups in total. The molecule has 0 aliphatic heterocycles. The van der Waals surface area contributed by atoms with Crippen LogP contribution in [0.5, 0.6) is 0 Å². The second kappa shape index (κ2) is 3.98. The lowest BCUT2D eigenvalue weighted by Crippen LogP contribution is -1.78. The van der Waals surface area contributed by atoms with Gasteiger partial charge in [0.15, 0.2) is 0 Å². The number of carbonyl (C=O) groups is 1. The van der Waals surface area contributed by atoms with Crippen molar-refractivity contribution in [2.75, 3.05) is 0 Å². The van der Waals surface area contributed by atoms with Gasteiger partial charge in [-0.3, -0.25) is 4.79 Å². The zero-order chi connectivity index (χ0) is 8.10. The predicted molar refractivity (Wildman–Crippen MR) is 49.8 cm³/mol. The number of aldehydes is 1. The van der Waals surface area contributed by atoms with E-state index in [1.54, 1.807) is 17.5 Å². The Hall–Kier alpha value is -1.02. The molecule has 0 aromatic heterocycles. The van der Waals surface area contributed by atoms with Gasteiger partial charge in [0.1, 0.15) is 6.29 Å². The average Bonchev–Trinajstić information content (AvgIpc) is 2.06. The maximum Gasteiger partial charge on any atom is 0.150 e. The molecule has 0 spiro atoms. The molecule has 0 atom stereocenters. The van der Waals surface area contributed by atoms with E-state index >= 15 is 0 Å². The van der Waals surface area contributed by atoms with E-state index in [2.05, 4.69) is 12.6 Å². The summed E-state index contributed by atoms with van der Waals surface area (Å²) < 4.78 is 0. The molecule has 1 rings (SSSR count). The van der Waals surface area contributed by atoms with E-state index in [0.29, 0.717) is 5.56 Å². The van der Waals surface area contributed by atoms with Gasteiger partial charge in [0, 0.05) is 5.56 Å². The molecule has 0 aliphatic carbocycles. The molecule has 0 radical (unpaired) electrons. The Kier molecular flexibility index (Phi) is 2.93. The van der Waals surface area contributed by atoms with Crippen LogP contribution in [0.1, 0.15) is 15.9 Å². The highest BCUT2D eigenvalue weighted by Crippen LogP contribution is 2.05. The monoisotopic (exact) mass is 164 g/mol. The third-order valence-electron chi connectivity index (χ3n) is 1.31.